The van der Waals surface area contributed by atoms with Crippen LogP contribution in [0.3, 0.4) is 0 Å². The lowest BCUT2D eigenvalue weighted by molar-refractivity contribution is -0.137. The molecule has 0 aliphatic carbocycles. The van der Waals surface area contributed by atoms with Crippen molar-refractivity contribution >= 4 is 11.7 Å². The highest BCUT2D eigenvalue weighted by Crippen LogP contribution is 2.30. The molecule has 2 aromatic carbocycles. The molecule has 162 valence electrons. The van der Waals surface area contributed by atoms with E-state index >= 15 is 0 Å². The number of alkyl halides is 3. The van der Waals surface area contributed by atoms with Gasteiger partial charge in [0.25, 0.3) is 0 Å². The maximum atomic E-state index is 12.7. The first kappa shape index (κ1) is 22.2. The van der Waals surface area contributed by atoms with E-state index in [2.05, 4.69) is 40.2 Å². The van der Waals surface area contributed by atoms with Crippen LogP contribution in [0.15, 0.2) is 54.6 Å². The van der Waals surface area contributed by atoms with Gasteiger partial charge in [-0.2, -0.15) is 13.2 Å². The Hall–Kier alpha value is -2.54. The fraction of sp³-hybridized carbons (Fsp3) is 0.435. The molecule has 2 atom stereocenters. The first-order valence-corrected chi connectivity index (χ1v) is 10.4. The van der Waals surface area contributed by atoms with E-state index < -0.39 is 17.8 Å². The van der Waals surface area contributed by atoms with Crippen molar-refractivity contribution in [2.45, 2.75) is 44.3 Å². The molecule has 4 nitrogen and oxygen atoms in total. The second-order valence-corrected chi connectivity index (χ2v) is 7.83. The first-order valence-electron chi connectivity index (χ1n) is 10.4. The second kappa shape index (κ2) is 10.5. The fourth-order valence-electron chi connectivity index (χ4n) is 3.95. The minimum atomic E-state index is -4.43. The molecule has 1 heterocycles. The van der Waals surface area contributed by atoms with Crippen LogP contribution in [0.5, 0.6) is 0 Å². The van der Waals surface area contributed by atoms with Gasteiger partial charge >= 0.3 is 12.2 Å². The van der Waals surface area contributed by atoms with Crippen molar-refractivity contribution in [3.8, 4) is 0 Å². The molecule has 1 aliphatic heterocycles. The standard InChI is InChI=1S/C23H28F3N3O/c24-23(25,26)19-8-4-9-21(16-19)29-22(30)28-12-5-10-20-15-18(11-13-27-20)14-17-6-2-1-3-7-17/h1-4,6-9,16,18,20,27H,5,10-15H2,(H2,28,29,30)/t18-,20-/m1/s1. The van der Waals surface area contributed by atoms with Crippen LogP contribution in [0.2, 0.25) is 0 Å². The molecule has 2 aromatic rings. The van der Waals surface area contributed by atoms with Crippen LogP contribution in [0, 0.1) is 5.92 Å². The van der Waals surface area contributed by atoms with Crippen molar-refractivity contribution in [1.82, 2.24) is 10.6 Å². The van der Waals surface area contributed by atoms with E-state index in [4.69, 9.17) is 0 Å². The van der Waals surface area contributed by atoms with Gasteiger partial charge in [0, 0.05) is 18.3 Å². The Labute approximate surface area is 175 Å². The minimum Gasteiger partial charge on any atom is -0.338 e. The number of hydrogen-bond donors (Lipinski definition) is 3. The first-order chi connectivity index (χ1) is 14.4. The van der Waals surface area contributed by atoms with E-state index in [0.717, 1.165) is 44.4 Å². The number of piperidine rings is 1. The maximum absolute atomic E-state index is 12.7. The van der Waals surface area contributed by atoms with Gasteiger partial charge in [-0.15, -0.1) is 0 Å². The summed E-state index contributed by atoms with van der Waals surface area (Å²) in [6.45, 7) is 1.48. The molecule has 2 amide bonds. The Morgan fingerprint density at radius 2 is 1.90 bits per heavy atom. The molecule has 30 heavy (non-hydrogen) atoms. The number of benzene rings is 2. The van der Waals surface area contributed by atoms with Gasteiger partial charge in [-0.25, -0.2) is 4.79 Å². The zero-order valence-corrected chi connectivity index (χ0v) is 16.8. The number of hydrogen-bond acceptors (Lipinski definition) is 2. The van der Waals surface area contributed by atoms with E-state index in [0.29, 0.717) is 18.5 Å². The third-order valence-corrected chi connectivity index (χ3v) is 5.43. The van der Waals surface area contributed by atoms with Crippen LogP contribution >= 0.6 is 0 Å². The Balaban J connectivity index is 1.36. The predicted octanol–water partition coefficient (Wildman–Crippen LogP) is 5.22. The fourth-order valence-corrected chi connectivity index (χ4v) is 3.95. The van der Waals surface area contributed by atoms with Crippen molar-refractivity contribution in [3.63, 3.8) is 0 Å². The van der Waals surface area contributed by atoms with E-state index in [9.17, 15) is 18.0 Å². The molecule has 0 spiro atoms. The zero-order chi connectivity index (χ0) is 21.4. The Kier molecular flexibility index (Phi) is 7.74. The molecule has 0 aromatic heterocycles. The predicted molar refractivity (Wildman–Crippen MR) is 112 cm³/mol. The Morgan fingerprint density at radius 3 is 2.67 bits per heavy atom. The van der Waals surface area contributed by atoms with Gasteiger partial charge in [-0.3, -0.25) is 0 Å². The van der Waals surface area contributed by atoms with Crippen molar-refractivity contribution < 1.29 is 18.0 Å². The summed E-state index contributed by atoms with van der Waals surface area (Å²) in [5, 5.41) is 8.73. The maximum Gasteiger partial charge on any atom is 0.416 e. The van der Waals surface area contributed by atoms with Crippen LogP contribution in [0.1, 0.15) is 36.8 Å². The number of urea groups is 1. The summed E-state index contributed by atoms with van der Waals surface area (Å²) in [5.41, 5.74) is 0.713. The van der Waals surface area contributed by atoms with Crippen molar-refractivity contribution in [3.05, 3.63) is 65.7 Å². The molecular formula is C23H28F3N3O. The Bertz CT molecular complexity index is 811. The van der Waals surface area contributed by atoms with Crippen molar-refractivity contribution in [1.29, 1.82) is 0 Å². The Morgan fingerprint density at radius 1 is 1.10 bits per heavy atom. The van der Waals surface area contributed by atoms with Gasteiger partial charge in [0.05, 0.1) is 5.56 Å². The number of carbonyl (C=O) groups excluding carboxylic acids is 1. The van der Waals surface area contributed by atoms with Gasteiger partial charge in [-0.1, -0.05) is 36.4 Å². The number of rotatable bonds is 7. The smallest absolute Gasteiger partial charge is 0.338 e. The molecule has 0 radical (unpaired) electrons. The number of carbonyl (C=O) groups is 1. The van der Waals surface area contributed by atoms with Gasteiger partial charge < -0.3 is 16.0 Å². The average Bonchev–Trinajstić information content (AvgIpc) is 2.72. The monoisotopic (exact) mass is 419 g/mol. The molecular weight excluding hydrogens is 391 g/mol. The van der Waals surface area contributed by atoms with Gasteiger partial charge in [0.2, 0.25) is 0 Å². The van der Waals surface area contributed by atoms with Crippen LogP contribution < -0.4 is 16.0 Å². The molecule has 0 saturated carbocycles. The summed E-state index contributed by atoms with van der Waals surface area (Å²) in [7, 11) is 0. The molecule has 0 unspecified atom stereocenters. The number of halogens is 3. The number of amides is 2. The summed E-state index contributed by atoms with van der Waals surface area (Å²) in [6, 6.07) is 15.1. The molecule has 1 saturated heterocycles. The largest absolute Gasteiger partial charge is 0.416 e. The average molecular weight is 419 g/mol. The van der Waals surface area contributed by atoms with E-state index in [1.54, 1.807) is 0 Å². The van der Waals surface area contributed by atoms with E-state index in [1.807, 2.05) is 6.07 Å². The summed E-state index contributed by atoms with van der Waals surface area (Å²) < 4.78 is 38.2. The van der Waals surface area contributed by atoms with Gasteiger partial charge in [0.1, 0.15) is 0 Å². The van der Waals surface area contributed by atoms with Gasteiger partial charge in [0.15, 0.2) is 0 Å². The summed E-state index contributed by atoms with van der Waals surface area (Å²) in [5.74, 6) is 0.663. The summed E-state index contributed by atoms with van der Waals surface area (Å²) in [6.07, 6.45) is 0.714. The molecule has 3 N–H and O–H groups in total. The normalized spacial score (nSPS) is 19.3. The highest BCUT2D eigenvalue weighted by molar-refractivity contribution is 5.89. The number of nitrogens with one attached hydrogen (secondary N) is 3. The molecule has 1 aliphatic rings. The summed E-state index contributed by atoms with van der Waals surface area (Å²) in [4.78, 5) is 12.0. The quantitative estimate of drug-likeness (QED) is 0.539. The van der Waals surface area contributed by atoms with Crippen molar-refractivity contribution in [2.24, 2.45) is 5.92 Å². The topological polar surface area (TPSA) is 53.2 Å². The third kappa shape index (κ3) is 7.06. The molecule has 3 rings (SSSR count). The molecule has 0 bridgehead atoms. The van der Waals surface area contributed by atoms with Gasteiger partial charge in [-0.05, 0) is 68.3 Å². The third-order valence-electron chi connectivity index (χ3n) is 5.43. The van der Waals surface area contributed by atoms with E-state index in [1.165, 1.54) is 24.1 Å². The lowest BCUT2D eigenvalue weighted by Gasteiger charge is -2.30. The minimum absolute atomic E-state index is 0.125. The highest BCUT2D eigenvalue weighted by atomic mass is 19.4. The van der Waals surface area contributed by atoms with Crippen LogP contribution in [-0.2, 0) is 12.6 Å². The molecule has 7 heteroatoms. The SMILES string of the molecule is O=C(NCCC[C@@H]1C[C@@H](Cc2ccccc2)CCN1)Nc1cccc(C(F)(F)F)c1. The van der Waals surface area contributed by atoms with Crippen LogP contribution in [-0.4, -0.2) is 25.2 Å². The van der Waals surface area contributed by atoms with E-state index in [-0.39, 0.29) is 5.69 Å². The van der Waals surface area contributed by atoms with Crippen molar-refractivity contribution in [2.75, 3.05) is 18.4 Å². The second-order valence-electron chi connectivity index (χ2n) is 7.83. The van der Waals surface area contributed by atoms with Crippen LogP contribution in [0.25, 0.3) is 0 Å². The summed E-state index contributed by atoms with van der Waals surface area (Å²) >= 11 is 0. The lowest BCUT2D eigenvalue weighted by Crippen LogP contribution is -2.39. The molecule has 1 fully saturated rings. The number of anilines is 1. The highest BCUT2D eigenvalue weighted by Gasteiger charge is 2.30. The zero-order valence-electron chi connectivity index (χ0n) is 16.8. The lowest BCUT2D eigenvalue weighted by atomic mass is 9.86. The van der Waals surface area contributed by atoms with Crippen LogP contribution in [0.4, 0.5) is 23.7 Å².